The minimum atomic E-state index is -4.02. The number of nitrogens with zero attached hydrogens (tertiary/aromatic N) is 2. The number of hydrogen-bond acceptors (Lipinski definition) is 8. The highest BCUT2D eigenvalue weighted by Crippen LogP contribution is 2.33. The third kappa shape index (κ3) is 4.59. The maximum atomic E-state index is 13.3. The maximum absolute atomic E-state index is 13.3. The van der Waals surface area contributed by atoms with Crippen molar-refractivity contribution in [2.75, 3.05) is 26.9 Å². The molecule has 3 rings (SSSR count). The van der Waals surface area contributed by atoms with Crippen LogP contribution in [0.2, 0.25) is 0 Å². The van der Waals surface area contributed by atoms with Crippen LogP contribution < -0.4 is 4.74 Å². The van der Waals surface area contributed by atoms with Crippen LogP contribution in [0, 0.1) is 12.8 Å². The summed E-state index contributed by atoms with van der Waals surface area (Å²) in [5, 5.41) is 0. The summed E-state index contributed by atoms with van der Waals surface area (Å²) in [5.41, 5.74) is 0.605. The second-order valence-electron chi connectivity index (χ2n) is 7.25. The molecule has 0 unspecified atom stereocenters. The van der Waals surface area contributed by atoms with Gasteiger partial charge in [0.25, 0.3) is 0 Å². The summed E-state index contributed by atoms with van der Waals surface area (Å²) in [6, 6.07) is 2.20. The molecule has 3 atom stereocenters. The number of ether oxygens (including phenoxy) is 3. The third-order valence-electron chi connectivity index (χ3n) is 5.29. The predicted molar refractivity (Wildman–Crippen MR) is 102 cm³/mol. The number of methoxy groups -OCH3 is 1. The van der Waals surface area contributed by atoms with Crippen LogP contribution in [0.3, 0.4) is 0 Å². The zero-order valence-electron chi connectivity index (χ0n) is 16.6. The molecule has 0 saturated carbocycles. The highest BCUT2D eigenvalue weighted by molar-refractivity contribution is 7.89. The first-order valence-electron chi connectivity index (χ1n) is 9.63. The van der Waals surface area contributed by atoms with Crippen LogP contribution in [0.5, 0.6) is 5.88 Å². The first-order valence-corrected chi connectivity index (χ1v) is 11.1. The van der Waals surface area contributed by atoms with Crippen LogP contribution in [0.25, 0.3) is 0 Å². The van der Waals surface area contributed by atoms with E-state index in [1.807, 2.05) is 0 Å². The van der Waals surface area contributed by atoms with Gasteiger partial charge in [-0.1, -0.05) is 0 Å². The van der Waals surface area contributed by atoms with Gasteiger partial charge in [-0.25, -0.2) is 13.4 Å². The first-order chi connectivity index (χ1) is 13.9. The number of aromatic nitrogens is 1. The minimum Gasteiger partial charge on any atom is -0.471 e. The Morgan fingerprint density at radius 2 is 2.17 bits per heavy atom. The number of hydrogen-bond donors (Lipinski definition) is 0. The van der Waals surface area contributed by atoms with Gasteiger partial charge < -0.3 is 19.0 Å². The smallest absolute Gasteiger partial charge is 0.324 e. The van der Waals surface area contributed by atoms with E-state index >= 15 is 0 Å². The van der Waals surface area contributed by atoms with E-state index in [2.05, 4.69) is 4.98 Å². The summed E-state index contributed by atoms with van der Waals surface area (Å²) >= 11 is 0. The van der Waals surface area contributed by atoms with Crippen molar-refractivity contribution in [3.8, 4) is 5.88 Å². The summed E-state index contributed by atoms with van der Waals surface area (Å²) < 4.78 is 44.1. The molecule has 9 nitrogen and oxygen atoms in total. The summed E-state index contributed by atoms with van der Waals surface area (Å²) in [6.45, 7) is 2.71. The lowest BCUT2D eigenvalue weighted by Crippen LogP contribution is -2.41. The molecule has 3 heterocycles. The molecule has 0 spiro atoms. The van der Waals surface area contributed by atoms with E-state index in [9.17, 15) is 18.0 Å². The lowest BCUT2D eigenvalue weighted by Gasteiger charge is -2.24. The van der Waals surface area contributed by atoms with Gasteiger partial charge in [0.1, 0.15) is 23.3 Å². The monoisotopic (exact) mass is 426 g/mol. The molecule has 0 aliphatic carbocycles. The molecule has 160 valence electrons. The van der Waals surface area contributed by atoms with Crippen molar-refractivity contribution >= 4 is 22.3 Å². The fourth-order valence-electron chi connectivity index (χ4n) is 3.73. The number of sulfonamides is 1. The van der Waals surface area contributed by atoms with Gasteiger partial charge in [0.05, 0.1) is 20.3 Å². The fourth-order valence-corrected chi connectivity index (χ4v) is 5.43. The lowest BCUT2D eigenvalue weighted by atomic mass is 10.0. The molecule has 0 aromatic carbocycles. The Morgan fingerprint density at radius 3 is 2.90 bits per heavy atom. The van der Waals surface area contributed by atoms with Crippen molar-refractivity contribution in [1.29, 1.82) is 0 Å². The summed E-state index contributed by atoms with van der Waals surface area (Å²) in [7, 11) is -2.78. The zero-order chi connectivity index (χ0) is 21.0. The number of rotatable bonds is 8. The Hall–Kier alpha value is -2.04. The minimum absolute atomic E-state index is 0.00730. The van der Waals surface area contributed by atoms with Crippen LogP contribution in [0.1, 0.15) is 31.4 Å². The Bertz CT molecular complexity index is 858. The van der Waals surface area contributed by atoms with Crippen molar-refractivity contribution in [1.82, 2.24) is 9.29 Å². The van der Waals surface area contributed by atoms with Crippen molar-refractivity contribution < 1.29 is 32.2 Å². The fraction of sp³-hybridized carbons (Fsp3) is 0.632. The van der Waals surface area contributed by atoms with Gasteiger partial charge >= 0.3 is 5.97 Å². The zero-order valence-corrected chi connectivity index (χ0v) is 17.4. The number of aryl methyl sites for hydroxylation is 1. The number of pyridine rings is 1. The summed E-state index contributed by atoms with van der Waals surface area (Å²) in [4.78, 5) is 27.0. The van der Waals surface area contributed by atoms with Crippen molar-refractivity contribution in [3.05, 3.63) is 17.8 Å². The number of carbonyl (C=O) groups is 2. The Morgan fingerprint density at radius 1 is 1.38 bits per heavy atom. The number of carbonyl (C=O) groups excluding carboxylic acids is 2. The molecule has 2 aliphatic heterocycles. The lowest BCUT2D eigenvalue weighted by molar-refractivity contribution is -0.144. The molecule has 0 bridgehead atoms. The van der Waals surface area contributed by atoms with E-state index in [1.165, 1.54) is 13.2 Å². The molecule has 0 amide bonds. The average molecular weight is 426 g/mol. The molecule has 2 saturated heterocycles. The highest BCUT2D eigenvalue weighted by atomic mass is 32.2. The van der Waals surface area contributed by atoms with Gasteiger partial charge in [0.2, 0.25) is 15.9 Å². The standard InChI is InChI=1S/C19H26N2O7S/c1-13-7-8-17(29(24,25)21-9-3-6-15(21)19(23)26-2)18(20-13)28-16-12-27-11-14(16)5-4-10-22/h7-8,10,14-16H,3-6,9,11-12H2,1-2H3/t14-,15+,16+/m1/s1. The number of esters is 1. The normalized spacial score (nSPS) is 25.1. The van der Waals surface area contributed by atoms with Gasteiger partial charge in [-0.15, -0.1) is 0 Å². The maximum Gasteiger partial charge on any atom is 0.324 e. The molecular weight excluding hydrogens is 400 g/mol. The van der Waals surface area contributed by atoms with Crippen LogP contribution in [0.15, 0.2) is 17.0 Å². The van der Waals surface area contributed by atoms with Gasteiger partial charge in [0.15, 0.2) is 0 Å². The molecule has 2 aliphatic rings. The Kier molecular flexibility index (Phi) is 6.86. The van der Waals surface area contributed by atoms with Gasteiger partial charge in [-0.05, 0) is 38.3 Å². The quantitative estimate of drug-likeness (QED) is 0.449. The Labute approximate surface area is 170 Å². The SMILES string of the molecule is COC(=O)[C@@H]1CCCN1S(=O)(=O)c1ccc(C)nc1O[C@H]1COC[C@H]1CCC=O. The molecular formula is C19H26N2O7S. The second kappa shape index (κ2) is 9.19. The molecule has 0 N–H and O–H groups in total. The largest absolute Gasteiger partial charge is 0.471 e. The van der Waals surface area contributed by atoms with Crippen LogP contribution >= 0.6 is 0 Å². The van der Waals surface area contributed by atoms with Crippen LogP contribution in [0.4, 0.5) is 0 Å². The molecule has 29 heavy (non-hydrogen) atoms. The molecule has 0 radical (unpaired) electrons. The van der Waals surface area contributed by atoms with Crippen molar-refractivity contribution in [2.24, 2.45) is 5.92 Å². The average Bonchev–Trinajstić information content (AvgIpc) is 3.35. The predicted octanol–water partition coefficient (Wildman–Crippen LogP) is 1.09. The van der Waals surface area contributed by atoms with Gasteiger partial charge in [0, 0.05) is 24.6 Å². The molecule has 2 fully saturated rings. The van der Waals surface area contributed by atoms with E-state index in [0.717, 1.165) is 10.6 Å². The topological polar surface area (TPSA) is 112 Å². The van der Waals surface area contributed by atoms with Gasteiger partial charge in [-0.2, -0.15) is 4.31 Å². The van der Waals surface area contributed by atoms with E-state index in [4.69, 9.17) is 14.2 Å². The number of aldehydes is 1. The molecule has 1 aromatic heterocycles. The van der Waals surface area contributed by atoms with E-state index < -0.39 is 28.1 Å². The summed E-state index contributed by atoms with van der Waals surface area (Å²) in [5.74, 6) is -0.605. The van der Waals surface area contributed by atoms with E-state index in [-0.39, 0.29) is 23.2 Å². The molecule has 10 heteroatoms. The third-order valence-corrected chi connectivity index (χ3v) is 7.21. The van der Waals surface area contributed by atoms with Crippen LogP contribution in [-0.4, -0.2) is 69.0 Å². The second-order valence-corrected chi connectivity index (χ2v) is 9.11. The summed E-state index contributed by atoms with van der Waals surface area (Å²) in [6.07, 6.45) is 2.40. The van der Waals surface area contributed by atoms with E-state index in [1.54, 1.807) is 13.0 Å². The Balaban J connectivity index is 1.90. The van der Waals surface area contributed by atoms with Crippen molar-refractivity contribution in [3.63, 3.8) is 0 Å². The first kappa shape index (κ1) is 21.7. The highest BCUT2D eigenvalue weighted by Gasteiger charge is 2.42. The van der Waals surface area contributed by atoms with Crippen LogP contribution in [-0.2, 0) is 29.1 Å². The van der Waals surface area contributed by atoms with Gasteiger partial charge in [-0.3, -0.25) is 4.79 Å². The van der Waals surface area contributed by atoms with E-state index in [0.29, 0.717) is 44.6 Å². The van der Waals surface area contributed by atoms with Crippen molar-refractivity contribution in [2.45, 2.75) is 49.6 Å². The molecule has 1 aromatic rings.